The molecular formula is C20H18ClN5O2S. The lowest BCUT2D eigenvalue weighted by atomic mass is 10.2. The quantitative estimate of drug-likeness (QED) is 0.394. The molecule has 0 aliphatic carbocycles. The minimum Gasteiger partial charge on any atom is -0.496 e. The molecule has 4 aromatic rings. The van der Waals surface area contributed by atoms with Gasteiger partial charge in [-0.1, -0.05) is 35.5 Å². The molecule has 0 N–H and O–H groups in total. The zero-order valence-corrected chi connectivity index (χ0v) is 17.6. The van der Waals surface area contributed by atoms with Crippen molar-refractivity contribution in [3.8, 4) is 22.8 Å². The minimum absolute atomic E-state index is 0.100. The number of ether oxygens (including phenoxy) is 1. The van der Waals surface area contributed by atoms with Crippen LogP contribution >= 0.6 is 23.4 Å². The van der Waals surface area contributed by atoms with Gasteiger partial charge in [0.1, 0.15) is 5.75 Å². The predicted octanol–water partition coefficient (Wildman–Crippen LogP) is 5.14. The maximum Gasteiger partial charge on any atom is 0.229 e. The molecule has 0 bridgehead atoms. The lowest BCUT2D eigenvalue weighted by Gasteiger charge is -2.13. The smallest absolute Gasteiger partial charge is 0.229 e. The predicted molar refractivity (Wildman–Crippen MR) is 112 cm³/mol. The van der Waals surface area contributed by atoms with E-state index >= 15 is 0 Å². The average Bonchev–Trinajstić information content (AvgIpc) is 3.35. The molecule has 2 aromatic heterocycles. The van der Waals surface area contributed by atoms with Crippen molar-refractivity contribution in [1.29, 1.82) is 0 Å². The largest absolute Gasteiger partial charge is 0.496 e. The van der Waals surface area contributed by atoms with Gasteiger partial charge in [0.25, 0.3) is 0 Å². The average molecular weight is 428 g/mol. The highest BCUT2D eigenvalue weighted by molar-refractivity contribution is 7.99. The zero-order chi connectivity index (χ0) is 20.4. The van der Waals surface area contributed by atoms with Gasteiger partial charge in [-0.15, -0.1) is 20.4 Å². The summed E-state index contributed by atoms with van der Waals surface area (Å²) in [4.78, 5) is 0. The molecule has 0 radical (unpaired) electrons. The minimum atomic E-state index is -0.100. The first-order valence-corrected chi connectivity index (χ1v) is 10.1. The summed E-state index contributed by atoms with van der Waals surface area (Å²) in [5, 5.41) is 18.2. The Hall–Kier alpha value is -2.84. The van der Waals surface area contributed by atoms with Crippen LogP contribution < -0.4 is 4.74 Å². The Bertz CT molecular complexity index is 1130. The molecule has 0 amide bonds. The van der Waals surface area contributed by atoms with E-state index in [1.807, 2.05) is 60.0 Å². The number of hydrogen-bond acceptors (Lipinski definition) is 7. The summed E-state index contributed by atoms with van der Waals surface area (Å²) < 4.78 is 13.1. The molecule has 1 unspecified atom stereocenters. The number of methoxy groups -OCH3 is 1. The van der Waals surface area contributed by atoms with Crippen molar-refractivity contribution in [1.82, 2.24) is 25.0 Å². The normalized spacial score (nSPS) is 12.1. The van der Waals surface area contributed by atoms with Crippen molar-refractivity contribution in [2.45, 2.75) is 24.3 Å². The Morgan fingerprint density at radius 2 is 1.79 bits per heavy atom. The summed E-state index contributed by atoms with van der Waals surface area (Å²) in [6.45, 7) is 3.76. The molecule has 1 atom stereocenters. The summed E-state index contributed by atoms with van der Waals surface area (Å²) in [6.07, 6.45) is 0. The van der Waals surface area contributed by atoms with Crippen LogP contribution in [-0.4, -0.2) is 32.1 Å². The number of benzene rings is 2. The Morgan fingerprint density at radius 1 is 1.03 bits per heavy atom. The van der Waals surface area contributed by atoms with Crippen LogP contribution in [0.3, 0.4) is 0 Å². The molecule has 0 aliphatic heterocycles. The number of rotatable bonds is 6. The van der Waals surface area contributed by atoms with Crippen LogP contribution in [0, 0.1) is 6.92 Å². The molecular weight excluding hydrogens is 410 g/mol. The van der Waals surface area contributed by atoms with Crippen LogP contribution in [0.25, 0.3) is 17.1 Å². The first-order valence-electron chi connectivity index (χ1n) is 8.88. The van der Waals surface area contributed by atoms with Gasteiger partial charge in [0.05, 0.1) is 17.9 Å². The monoisotopic (exact) mass is 427 g/mol. The highest BCUT2D eigenvalue weighted by Crippen LogP contribution is 2.38. The fourth-order valence-corrected chi connectivity index (χ4v) is 3.88. The van der Waals surface area contributed by atoms with Crippen molar-refractivity contribution >= 4 is 23.4 Å². The van der Waals surface area contributed by atoms with Gasteiger partial charge in [-0.25, -0.2) is 0 Å². The van der Waals surface area contributed by atoms with Gasteiger partial charge in [0.2, 0.25) is 11.8 Å². The van der Waals surface area contributed by atoms with Crippen LogP contribution in [-0.2, 0) is 0 Å². The molecule has 0 spiro atoms. The van der Waals surface area contributed by atoms with E-state index in [4.69, 9.17) is 20.8 Å². The molecule has 148 valence electrons. The Kier molecular flexibility index (Phi) is 5.55. The second-order valence-electron chi connectivity index (χ2n) is 6.24. The van der Waals surface area contributed by atoms with Gasteiger partial charge in [0, 0.05) is 17.6 Å². The highest BCUT2D eigenvalue weighted by Gasteiger charge is 2.23. The Morgan fingerprint density at radius 3 is 2.48 bits per heavy atom. The number of aryl methyl sites for hydroxylation is 1. The van der Waals surface area contributed by atoms with Gasteiger partial charge in [-0.05, 0) is 43.3 Å². The SMILES string of the molecule is COc1ccccc1-c1nnc(SC(C)c2nnc(C)o2)n1-c1ccc(Cl)cc1. The van der Waals surface area contributed by atoms with Gasteiger partial charge in [0.15, 0.2) is 11.0 Å². The van der Waals surface area contributed by atoms with Crippen molar-refractivity contribution < 1.29 is 9.15 Å². The van der Waals surface area contributed by atoms with Crippen molar-refractivity contribution in [2.75, 3.05) is 7.11 Å². The molecule has 9 heteroatoms. The number of hydrogen-bond donors (Lipinski definition) is 0. The molecule has 2 heterocycles. The first kappa shape index (κ1) is 19.5. The summed E-state index contributed by atoms with van der Waals surface area (Å²) in [6, 6.07) is 15.2. The van der Waals surface area contributed by atoms with Gasteiger partial charge < -0.3 is 9.15 Å². The number of nitrogens with zero attached hydrogens (tertiary/aromatic N) is 5. The van der Waals surface area contributed by atoms with Gasteiger partial charge in [-0.3, -0.25) is 4.57 Å². The second-order valence-corrected chi connectivity index (χ2v) is 7.98. The third kappa shape index (κ3) is 3.99. The van der Waals surface area contributed by atoms with Crippen molar-refractivity contribution in [2.24, 2.45) is 0 Å². The van der Waals surface area contributed by atoms with E-state index in [9.17, 15) is 0 Å². The number of halogens is 1. The fraction of sp³-hybridized carbons (Fsp3) is 0.200. The zero-order valence-electron chi connectivity index (χ0n) is 16.0. The number of thioether (sulfide) groups is 1. The molecule has 0 fully saturated rings. The standard InChI is InChI=1S/C20H18ClN5O2S/c1-12(19-24-22-13(2)28-19)29-20-25-23-18(16-6-4-5-7-17(16)27-3)26(20)15-10-8-14(21)9-11-15/h4-12H,1-3H3. The van der Waals surface area contributed by atoms with E-state index < -0.39 is 0 Å². The topological polar surface area (TPSA) is 78.9 Å². The fourth-order valence-electron chi connectivity index (χ4n) is 2.86. The summed E-state index contributed by atoms with van der Waals surface area (Å²) in [7, 11) is 1.64. The molecule has 7 nitrogen and oxygen atoms in total. The van der Waals surface area contributed by atoms with Crippen molar-refractivity contribution in [3.63, 3.8) is 0 Å². The van der Waals surface area contributed by atoms with Crippen LogP contribution in [0.5, 0.6) is 5.75 Å². The van der Waals surface area contributed by atoms with Crippen LogP contribution in [0.1, 0.15) is 24.0 Å². The van der Waals surface area contributed by atoms with E-state index in [1.54, 1.807) is 14.0 Å². The summed E-state index contributed by atoms with van der Waals surface area (Å²) in [5.41, 5.74) is 1.72. The van der Waals surface area contributed by atoms with E-state index in [2.05, 4.69) is 20.4 Å². The van der Waals surface area contributed by atoms with Crippen molar-refractivity contribution in [3.05, 3.63) is 65.3 Å². The molecule has 0 saturated heterocycles. The third-order valence-corrected chi connectivity index (χ3v) is 5.52. The van der Waals surface area contributed by atoms with E-state index in [-0.39, 0.29) is 5.25 Å². The van der Waals surface area contributed by atoms with Crippen LogP contribution in [0.15, 0.2) is 58.1 Å². The maximum atomic E-state index is 6.09. The maximum absolute atomic E-state index is 6.09. The molecule has 2 aromatic carbocycles. The second kappa shape index (κ2) is 8.26. The summed E-state index contributed by atoms with van der Waals surface area (Å²) >= 11 is 7.57. The lowest BCUT2D eigenvalue weighted by molar-refractivity contribution is 0.416. The number of aromatic nitrogens is 5. The van der Waals surface area contributed by atoms with E-state index in [1.165, 1.54) is 11.8 Å². The summed E-state index contributed by atoms with van der Waals surface area (Å²) in [5.74, 6) is 2.45. The molecule has 0 saturated carbocycles. The lowest BCUT2D eigenvalue weighted by Crippen LogP contribution is -2.02. The van der Waals surface area contributed by atoms with E-state index in [0.29, 0.717) is 33.5 Å². The Labute approximate surface area is 177 Å². The third-order valence-electron chi connectivity index (χ3n) is 4.24. The molecule has 4 rings (SSSR count). The molecule has 29 heavy (non-hydrogen) atoms. The Balaban J connectivity index is 1.81. The highest BCUT2D eigenvalue weighted by atomic mass is 35.5. The van der Waals surface area contributed by atoms with Crippen LogP contribution in [0.2, 0.25) is 5.02 Å². The number of para-hydroxylation sites is 1. The first-order chi connectivity index (χ1) is 14.1. The van der Waals surface area contributed by atoms with Gasteiger partial charge in [-0.2, -0.15) is 0 Å². The van der Waals surface area contributed by atoms with Crippen LogP contribution in [0.4, 0.5) is 0 Å². The van der Waals surface area contributed by atoms with E-state index in [0.717, 1.165) is 11.3 Å². The molecule has 0 aliphatic rings. The van der Waals surface area contributed by atoms with Gasteiger partial charge >= 0.3 is 0 Å².